The monoisotopic (exact) mass is 491 g/mol. The first-order valence-electron chi connectivity index (χ1n) is 10.3. The second-order valence-electron chi connectivity index (χ2n) is 7.18. The first kappa shape index (κ1) is 23.3. The SMILES string of the molecule is [2H]C#C[C@@]1(OC(C)=O)[C@@H](COC(=O)c2ccc(Cl)cc2)OC(n2ccc(=O)[nH]c2=O)[C@@H]1OC(C)=O. The lowest BCUT2D eigenvalue weighted by Crippen LogP contribution is -2.53. The fraction of sp³-hybridized carbons (Fsp3) is 0.318. The minimum Gasteiger partial charge on any atom is -0.459 e. The number of benzene rings is 1. The fourth-order valence-electron chi connectivity index (χ4n) is 3.42. The van der Waals surface area contributed by atoms with Gasteiger partial charge in [0.25, 0.3) is 5.56 Å². The highest BCUT2D eigenvalue weighted by Crippen LogP contribution is 2.41. The van der Waals surface area contributed by atoms with Crippen LogP contribution in [0.5, 0.6) is 0 Å². The molecule has 1 N–H and O–H groups in total. The summed E-state index contributed by atoms with van der Waals surface area (Å²) >= 11 is 5.83. The summed E-state index contributed by atoms with van der Waals surface area (Å²) in [5.41, 5.74) is -3.60. The van der Waals surface area contributed by atoms with E-state index in [0.29, 0.717) is 5.02 Å². The first-order chi connectivity index (χ1) is 16.6. The van der Waals surface area contributed by atoms with Gasteiger partial charge in [-0.2, -0.15) is 0 Å². The molecule has 11 nitrogen and oxygen atoms in total. The van der Waals surface area contributed by atoms with Gasteiger partial charge in [-0.25, -0.2) is 9.59 Å². The maximum absolute atomic E-state index is 12.5. The zero-order valence-corrected chi connectivity index (χ0v) is 18.7. The molecule has 1 fully saturated rings. The molecule has 178 valence electrons. The minimum absolute atomic E-state index is 0.155. The van der Waals surface area contributed by atoms with Gasteiger partial charge in [-0.3, -0.25) is 23.9 Å². The minimum atomic E-state index is -2.14. The molecule has 2 aromatic rings. The number of hydrogen-bond donors (Lipinski definition) is 1. The van der Waals surface area contributed by atoms with Gasteiger partial charge in [0.15, 0.2) is 6.23 Å². The number of hydrogen-bond acceptors (Lipinski definition) is 9. The van der Waals surface area contributed by atoms with Crippen LogP contribution in [0.2, 0.25) is 5.02 Å². The molecule has 34 heavy (non-hydrogen) atoms. The van der Waals surface area contributed by atoms with E-state index in [1.165, 1.54) is 24.3 Å². The number of nitrogens with zero attached hydrogens (tertiary/aromatic N) is 1. The highest BCUT2D eigenvalue weighted by atomic mass is 35.5. The molecule has 3 rings (SSSR count). The Kier molecular flexibility index (Phi) is 6.81. The number of nitrogens with one attached hydrogen (secondary N) is 1. The topological polar surface area (TPSA) is 143 Å². The molecule has 1 unspecified atom stereocenters. The fourth-order valence-corrected chi connectivity index (χ4v) is 3.55. The van der Waals surface area contributed by atoms with E-state index < -0.39 is 59.8 Å². The Labute approximate surface area is 198 Å². The third-order valence-electron chi connectivity index (χ3n) is 4.84. The van der Waals surface area contributed by atoms with Crippen molar-refractivity contribution in [1.82, 2.24) is 9.55 Å². The first-order valence-corrected chi connectivity index (χ1v) is 10.2. The highest BCUT2D eigenvalue weighted by Gasteiger charge is 2.62. The molecule has 1 aliphatic heterocycles. The molecule has 2 heterocycles. The Balaban J connectivity index is 2.05. The molecule has 1 aromatic heterocycles. The number of carbonyl (C=O) groups is 3. The predicted molar refractivity (Wildman–Crippen MR) is 116 cm³/mol. The van der Waals surface area contributed by atoms with E-state index in [9.17, 15) is 24.0 Å². The van der Waals surface area contributed by atoms with Crippen molar-refractivity contribution in [2.45, 2.75) is 37.9 Å². The summed E-state index contributed by atoms with van der Waals surface area (Å²) in [5, 5.41) is 0.402. The summed E-state index contributed by atoms with van der Waals surface area (Å²) in [5.74, 6) is -0.133. The molecule has 0 saturated carbocycles. The van der Waals surface area contributed by atoms with Crippen LogP contribution in [0.15, 0.2) is 46.1 Å². The standard InChI is InChI=1S/C22H19ClN2O9/c1-4-22(34-13(3)27)16(11-31-20(29)14-5-7-15(23)8-6-14)33-19(18(22)32-12(2)26)25-10-9-17(28)24-21(25)30/h1,5-10,16,18-19H,11H2,2-3H3,(H,24,28,30)/t16-,18+,19?,22-/m1/s1/i1D. The number of carbonyl (C=O) groups excluding carboxylic acids is 3. The summed E-state index contributed by atoms with van der Waals surface area (Å²) < 4.78 is 30.2. The van der Waals surface area contributed by atoms with Crippen molar-refractivity contribution in [2.24, 2.45) is 0 Å². The van der Waals surface area contributed by atoms with E-state index in [1.54, 1.807) is 0 Å². The Morgan fingerprint density at radius 2 is 1.94 bits per heavy atom. The number of terminal acetylenes is 1. The van der Waals surface area contributed by atoms with Gasteiger partial charge in [0.2, 0.25) is 11.7 Å². The average Bonchev–Trinajstić information content (AvgIpc) is 3.04. The van der Waals surface area contributed by atoms with Gasteiger partial charge >= 0.3 is 23.6 Å². The molecule has 4 atom stereocenters. The second-order valence-corrected chi connectivity index (χ2v) is 7.62. The van der Waals surface area contributed by atoms with Crippen LogP contribution in [-0.2, 0) is 28.5 Å². The molecule has 0 bridgehead atoms. The summed E-state index contributed by atoms with van der Waals surface area (Å²) in [4.78, 5) is 62.5. The van der Waals surface area contributed by atoms with Crippen molar-refractivity contribution in [1.29, 1.82) is 0 Å². The summed E-state index contributed by atoms with van der Waals surface area (Å²) in [6, 6.07) is 6.83. The van der Waals surface area contributed by atoms with Crippen LogP contribution in [0.4, 0.5) is 0 Å². The van der Waals surface area contributed by atoms with Gasteiger partial charge in [-0.1, -0.05) is 17.5 Å². The van der Waals surface area contributed by atoms with Gasteiger partial charge < -0.3 is 18.9 Å². The van der Waals surface area contributed by atoms with Gasteiger partial charge in [0, 0.05) is 31.1 Å². The lowest BCUT2D eigenvalue weighted by Gasteiger charge is -2.32. The van der Waals surface area contributed by atoms with Gasteiger partial charge in [0.05, 0.1) is 5.56 Å². The van der Waals surface area contributed by atoms with Gasteiger partial charge in [-0.15, -0.1) is 6.40 Å². The Bertz CT molecular complexity index is 1310. The van der Waals surface area contributed by atoms with E-state index in [0.717, 1.165) is 30.7 Å². The second kappa shape index (κ2) is 9.94. The zero-order valence-electron chi connectivity index (χ0n) is 18.9. The zero-order chi connectivity index (χ0) is 25.8. The van der Waals surface area contributed by atoms with Crippen molar-refractivity contribution in [3.63, 3.8) is 0 Å². The number of ether oxygens (including phenoxy) is 4. The van der Waals surface area contributed by atoms with Crippen LogP contribution in [-0.4, -0.2) is 51.9 Å². The highest BCUT2D eigenvalue weighted by molar-refractivity contribution is 6.30. The summed E-state index contributed by atoms with van der Waals surface area (Å²) in [7, 11) is 0. The van der Waals surface area contributed by atoms with Crippen LogP contribution in [0.1, 0.15) is 31.8 Å². The third kappa shape index (κ3) is 5.03. The van der Waals surface area contributed by atoms with Crippen LogP contribution in [0.25, 0.3) is 0 Å². The Hall–Kier alpha value is -3.88. The maximum atomic E-state index is 12.5. The van der Waals surface area contributed by atoms with Crippen LogP contribution in [0, 0.1) is 12.3 Å². The molecule has 1 saturated heterocycles. The number of aromatic amines is 1. The molecule has 0 spiro atoms. The molecule has 0 aliphatic carbocycles. The van der Waals surface area contributed by atoms with Crippen LogP contribution < -0.4 is 11.2 Å². The van der Waals surface area contributed by atoms with Gasteiger partial charge in [0.1, 0.15) is 14.1 Å². The summed E-state index contributed by atoms with van der Waals surface area (Å²) in [6.45, 7) is 1.54. The van der Waals surface area contributed by atoms with E-state index in [4.69, 9.17) is 31.9 Å². The molecule has 12 heteroatoms. The predicted octanol–water partition coefficient (Wildman–Crippen LogP) is 0.811. The molecule has 1 aliphatic rings. The number of H-pyrrole nitrogens is 1. The Morgan fingerprint density at radius 3 is 2.53 bits per heavy atom. The molecule has 0 amide bonds. The number of aromatic nitrogens is 2. The van der Waals surface area contributed by atoms with Crippen molar-refractivity contribution in [2.75, 3.05) is 6.61 Å². The number of halogens is 1. The van der Waals surface area contributed by atoms with Crippen molar-refractivity contribution in [3.8, 4) is 12.3 Å². The van der Waals surface area contributed by atoms with E-state index in [1.807, 2.05) is 11.4 Å². The quantitative estimate of drug-likeness (QED) is 0.352. The maximum Gasteiger partial charge on any atom is 0.338 e. The molecular formula is C22H19ClN2O9. The molecular weight excluding hydrogens is 472 g/mol. The molecule has 1 aromatic carbocycles. The van der Waals surface area contributed by atoms with E-state index >= 15 is 0 Å². The number of esters is 3. The Morgan fingerprint density at radius 1 is 1.24 bits per heavy atom. The average molecular weight is 492 g/mol. The normalized spacial score (nSPS) is 23.7. The third-order valence-corrected chi connectivity index (χ3v) is 5.09. The smallest absolute Gasteiger partial charge is 0.338 e. The lowest BCUT2D eigenvalue weighted by atomic mass is 9.92. The van der Waals surface area contributed by atoms with E-state index in [-0.39, 0.29) is 5.56 Å². The van der Waals surface area contributed by atoms with E-state index in [2.05, 4.69) is 5.92 Å². The van der Waals surface area contributed by atoms with Gasteiger partial charge in [-0.05, 0) is 24.3 Å². The lowest BCUT2D eigenvalue weighted by molar-refractivity contribution is -0.175. The van der Waals surface area contributed by atoms with Crippen molar-refractivity contribution < 1.29 is 34.7 Å². The summed E-state index contributed by atoms with van der Waals surface area (Å²) in [6.07, 6.45) is -1.52. The number of rotatable bonds is 6. The largest absolute Gasteiger partial charge is 0.459 e. The van der Waals surface area contributed by atoms with Crippen molar-refractivity contribution >= 4 is 29.5 Å². The van der Waals surface area contributed by atoms with Crippen LogP contribution >= 0.6 is 11.6 Å². The molecule has 0 radical (unpaired) electrons. The van der Waals surface area contributed by atoms with Crippen molar-refractivity contribution in [3.05, 3.63) is 68.0 Å². The van der Waals surface area contributed by atoms with Crippen LogP contribution in [0.3, 0.4) is 0 Å².